The molecule has 0 unspecified atom stereocenters. The predicted molar refractivity (Wildman–Crippen MR) is 88.6 cm³/mol. The van der Waals surface area contributed by atoms with Crippen molar-refractivity contribution >= 4 is 5.84 Å². The normalized spacial score (nSPS) is 12.9. The summed E-state index contributed by atoms with van der Waals surface area (Å²) in [5, 5.41) is 11.9. The van der Waals surface area contributed by atoms with Crippen LogP contribution in [0.1, 0.15) is 44.2 Å². The van der Waals surface area contributed by atoms with Crippen LogP contribution in [-0.2, 0) is 6.54 Å². The lowest BCUT2D eigenvalue weighted by Gasteiger charge is -2.23. The van der Waals surface area contributed by atoms with Crippen molar-refractivity contribution in [1.29, 1.82) is 0 Å². The van der Waals surface area contributed by atoms with Crippen LogP contribution in [0.5, 0.6) is 0 Å². The fourth-order valence-corrected chi connectivity index (χ4v) is 2.41. The minimum atomic E-state index is -0.232. The molecule has 0 amide bonds. The van der Waals surface area contributed by atoms with E-state index >= 15 is 0 Å². The summed E-state index contributed by atoms with van der Waals surface area (Å²) in [5.74, 6) is 0.315. The van der Waals surface area contributed by atoms with Gasteiger partial charge in [-0.15, -0.1) is 0 Å². The van der Waals surface area contributed by atoms with Crippen LogP contribution in [0.4, 0.5) is 0 Å². The van der Waals surface area contributed by atoms with Gasteiger partial charge in [-0.3, -0.25) is 0 Å². The lowest BCUT2D eigenvalue weighted by Crippen LogP contribution is -2.32. The summed E-state index contributed by atoms with van der Waals surface area (Å²) in [7, 11) is 2.15. The highest BCUT2D eigenvalue weighted by Crippen LogP contribution is 2.23. The van der Waals surface area contributed by atoms with Crippen molar-refractivity contribution in [3.05, 3.63) is 35.4 Å². The summed E-state index contributed by atoms with van der Waals surface area (Å²) in [6, 6.07) is 8.64. The Morgan fingerprint density at radius 2 is 2.05 bits per heavy atom. The number of benzene rings is 1. The molecule has 0 fully saturated rings. The van der Waals surface area contributed by atoms with Gasteiger partial charge in [-0.2, -0.15) is 0 Å². The van der Waals surface area contributed by atoms with E-state index in [1.807, 2.05) is 13.8 Å². The summed E-state index contributed by atoms with van der Waals surface area (Å²) in [6.45, 7) is 8.18. The first-order chi connectivity index (χ1) is 9.85. The number of nitrogens with two attached hydrogens (primary N) is 1. The smallest absolute Gasteiger partial charge is 0.144 e. The first-order valence-electron chi connectivity index (χ1n) is 7.57. The van der Waals surface area contributed by atoms with Crippen molar-refractivity contribution in [2.45, 2.75) is 46.6 Å². The molecule has 0 heterocycles. The number of rotatable bonds is 8. The molecule has 0 aromatic heterocycles. The van der Waals surface area contributed by atoms with Crippen molar-refractivity contribution in [3.8, 4) is 0 Å². The maximum absolute atomic E-state index is 8.76. The van der Waals surface area contributed by atoms with Gasteiger partial charge in [0.25, 0.3) is 0 Å². The SMILES string of the molecule is Cc1cccc(CN(C)CCCCC(C)(C)/C(N)=N/O)c1. The fourth-order valence-electron chi connectivity index (χ4n) is 2.41. The van der Waals surface area contributed by atoms with E-state index in [1.54, 1.807) is 0 Å². The standard InChI is InChI=1S/C17H29N3O/c1-14-8-7-9-15(12-14)13-20(4)11-6-5-10-17(2,3)16(18)19-21/h7-9,12,21H,5-6,10-11,13H2,1-4H3,(H2,18,19). The molecule has 3 N–H and O–H groups in total. The van der Waals surface area contributed by atoms with Gasteiger partial charge in [-0.05, 0) is 38.9 Å². The average molecular weight is 291 g/mol. The summed E-state index contributed by atoms with van der Waals surface area (Å²) in [4.78, 5) is 2.34. The molecule has 21 heavy (non-hydrogen) atoms. The number of hydrogen-bond acceptors (Lipinski definition) is 3. The summed E-state index contributed by atoms with van der Waals surface area (Å²) in [6.07, 6.45) is 3.12. The molecule has 0 radical (unpaired) electrons. The highest BCUT2D eigenvalue weighted by atomic mass is 16.4. The molecule has 118 valence electrons. The van der Waals surface area contributed by atoms with Crippen LogP contribution < -0.4 is 5.73 Å². The zero-order valence-electron chi connectivity index (χ0n) is 13.8. The van der Waals surface area contributed by atoms with E-state index in [0.29, 0.717) is 5.84 Å². The van der Waals surface area contributed by atoms with Crippen LogP contribution in [0.15, 0.2) is 29.4 Å². The maximum Gasteiger partial charge on any atom is 0.144 e. The number of oxime groups is 1. The monoisotopic (exact) mass is 291 g/mol. The van der Waals surface area contributed by atoms with E-state index in [-0.39, 0.29) is 5.41 Å². The third-order valence-electron chi connectivity index (χ3n) is 3.93. The van der Waals surface area contributed by atoms with E-state index in [4.69, 9.17) is 10.9 Å². The predicted octanol–water partition coefficient (Wildman–Crippen LogP) is 3.37. The molecule has 0 saturated heterocycles. The van der Waals surface area contributed by atoms with Gasteiger partial charge in [0.05, 0.1) is 0 Å². The quantitative estimate of drug-likeness (QED) is 0.254. The molecular formula is C17H29N3O. The molecule has 0 saturated carbocycles. The van der Waals surface area contributed by atoms with Gasteiger partial charge in [-0.25, -0.2) is 0 Å². The molecule has 0 aliphatic rings. The molecule has 1 aromatic carbocycles. The van der Waals surface area contributed by atoms with Crippen LogP contribution in [0, 0.1) is 12.3 Å². The third kappa shape index (κ3) is 6.17. The summed E-state index contributed by atoms with van der Waals surface area (Å²) >= 11 is 0. The van der Waals surface area contributed by atoms with Crippen molar-refractivity contribution in [2.24, 2.45) is 16.3 Å². The Labute approximate surface area is 128 Å². The van der Waals surface area contributed by atoms with Crippen LogP contribution in [0.3, 0.4) is 0 Å². The number of hydrogen-bond donors (Lipinski definition) is 2. The lowest BCUT2D eigenvalue weighted by atomic mass is 9.86. The van der Waals surface area contributed by atoms with Crippen molar-refractivity contribution in [3.63, 3.8) is 0 Å². The van der Waals surface area contributed by atoms with Crippen LogP contribution >= 0.6 is 0 Å². The third-order valence-corrected chi connectivity index (χ3v) is 3.93. The van der Waals surface area contributed by atoms with Crippen LogP contribution in [0.2, 0.25) is 0 Å². The molecule has 0 bridgehead atoms. The van der Waals surface area contributed by atoms with E-state index < -0.39 is 0 Å². The Hall–Kier alpha value is -1.55. The zero-order chi connectivity index (χ0) is 15.9. The zero-order valence-corrected chi connectivity index (χ0v) is 13.8. The van der Waals surface area contributed by atoms with Crippen molar-refractivity contribution in [2.75, 3.05) is 13.6 Å². The number of nitrogens with zero attached hydrogens (tertiary/aromatic N) is 2. The van der Waals surface area contributed by atoms with Crippen LogP contribution in [0.25, 0.3) is 0 Å². The average Bonchev–Trinajstić information content (AvgIpc) is 2.42. The highest BCUT2D eigenvalue weighted by molar-refractivity contribution is 5.85. The fraction of sp³-hybridized carbons (Fsp3) is 0.588. The minimum absolute atomic E-state index is 0.232. The van der Waals surface area contributed by atoms with Gasteiger partial charge in [0.2, 0.25) is 0 Å². The Morgan fingerprint density at radius 3 is 2.67 bits per heavy atom. The van der Waals surface area contributed by atoms with Gasteiger partial charge in [0.1, 0.15) is 5.84 Å². The van der Waals surface area contributed by atoms with Gasteiger partial charge in [-0.1, -0.05) is 55.3 Å². The molecule has 0 aliphatic heterocycles. The Kier molecular flexibility index (Phi) is 6.69. The van der Waals surface area contributed by atoms with Crippen LogP contribution in [-0.4, -0.2) is 29.5 Å². The van der Waals surface area contributed by atoms with Gasteiger partial charge in [0.15, 0.2) is 0 Å². The number of aryl methyl sites for hydroxylation is 1. The molecule has 1 aromatic rings. The van der Waals surface area contributed by atoms with E-state index in [1.165, 1.54) is 11.1 Å². The second-order valence-electron chi connectivity index (χ2n) is 6.55. The van der Waals surface area contributed by atoms with Gasteiger partial charge < -0.3 is 15.8 Å². The van der Waals surface area contributed by atoms with E-state index in [0.717, 1.165) is 32.4 Å². The molecule has 4 heteroatoms. The second-order valence-corrected chi connectivity index (χ2v) is 6.55. The molecule has 0 spiro atoms. The first kappa shape index (κ1) is 17.5. The van der Waals surface area contributed by atoms with Gasteiger partial charge in [0, 0.05) is 12.0 Å². The molecule has 4 nitrogen and oxygen atoms in total. The molecular weight excluding hydrogens is 262 g/mol. The Bertz CT molecular complexity index is 469. The first-order valence-corrected chi connectivity index (χ1v) is 7.57. The largest absolute Gasteiger partial charge is 0.409 e. The van der Waals surface area contributed by atoms with E-state index in [2.05, 4.69) is 48.3 Å². The Morgan fingerprint density at radius 1 is 1.33 bits per heavy atom. The maximum atomic E-state index is 8.76. The number of unbranched alkanes of at least 4 members (excludes halogenated alkanes) is 1. The lowest BCUT2D eigenvalue weighted by molar-refractivity contribution is 0.295. The summed E-state index contributed by atoms with van der Waals surface area (Å²) < 4.78 is 0. The van der Waals surface area contributed by atoms with Crippen molar-refractivity contribution in [1.82, 2.24) is 4.90 Å². The molecule has 0 aliphatic carbocycles. The van der Waals surface area contributed by atoms with Crippen molar-refractivity contribution < 1.29 is 5.21 Å². The molecule has 1 rings (SSSR count). The second kappa shape index (κ2) is 8.03. The van der Waals surface area contributed by atoms with Gasteiger partial charge >= 0.3 is 0 Å². The topological polar surface area (TPSA) is 61.8 Å². The minimum Gasteiger partial charge on any atom is -0.409 e. The summed E-state index contributed by atoms with van der Waals surface area (Å²) in [5.41, 5.74) is 8.13. The highest BCUT2D eigenvalue weighted by Gasteiger charge is 2.22. The number of amidine groups is 1. The Balaban J connectivity index is 2.30. The molecule has 0 atom stereocenters. The van der Waals surface area contributed by atoms with E-state index in [9.17, 15) is 0 Å².